The van der Waals surface area contributed by atoms with E-state index in [0.717, 1.165) is 0 Å². The molecule has 0 unspecified atom stereocenters. The van der Waals surface area contributed by atoms with Crippen molar-refractivity contribution in [3.8, 4) is 16.2 Å². The molecule has 0 aliphatic carbocycles. The summed E-state index contributed by atoms with van der Waals surface area (Å²) in [6, 6.07) is 11.0. The summed E-state index contributed by atoms with van der Waals surface area (Å²) in [5.74, 6) is -0.668. The maximum Gasteiger partial charge on any atom is 0.419 e. The van der Waals surface area contributed by atoms with Crippen LogP contribution in [0.25, 0.3) is 21.5 Å². The van der Waals surface area contributed by atoms with Crippen LogP contribution in [0.5, 0.6) is 5.75 Å². The first-order valence-corrected chi connectivity index (χ1v) is 10.4. The third-order valence-corrected chi connectivity index (χ3v) is 6.35. The minimum atomic E-state index is -4.29. The number of hydrogen-bond acceptors (Lipinski definition) is 8. The summed E-state index contributed by atoms with van der Waals surface area (Å²) in [7, 11) is -2.79. The van der Waals surface area contributed by atoms with Crippen molar-refractivity contribution in [2.75, 3.05) is 0 Å². The van der Waals surface area contributed by atoms with Gasteiger partial charge < -0.3 is 8.60 Å². The van der Waals surface area contributed by atoms with Gasteiger partial charge in [0.25, 0.3) is 5.69 Å². The molecule has 4 rings (SSSR count). The lowest BCUT2D eigenvalue weighted by Gasteiger charge is -2.11. The van der Waals surface area contributed by atoms with E-state index in [1.165, 1.54) is 59.3 Å². The number of aromatic nitrogens is 1. The van der Waals surface area contributed by atoms with Gasteiger partial charge in [-0.05, 0) is 29.6 Å². The third kappa shape index (κ3) is 3.41. The molecule has 0 bridgehead atoms. The second-order valence-electron chi connectivity index (χ2n) is 6.01. The molecule has 4 aromatic rings. The monoisotopic (exact) mass is 432 g/mol. The lowest BCUT2D eigenvalue weighted by Crippen LogP contribution is -2.10. The van der Waals surface area contributed by atoms with E-state index in [0.29, 0.717) is 10.4 Å². The molecule has 0 atom stereocenters. The third-order valence-electron chi connectivity index (χ3n) is 4.21. The molecule has 148 valence electrons. The van der Waals surface area contributed by atoms with E-state index in [1.807, 2.05) is 0 Å². The van der Waals surface area contributed by atoms with Gasteiger partial charge in [-0.25, -0.2) is 4.79 Å². The van der Waals surface area contributed by atoms with Gasteiger partial charge in [-0.15, -0.1) is 11.3 Å². The van der Waals surface area contributed by atoms with Crippen molar-refractivity contribution in [2.24, 2.45) is 7.05 Å². The highest BCUT2D eigenvalue weighted by atomic mass is 32.2. The SMILES string of the molecule is Cn1c(=O)oc2cc(S(=O)(=O)Oc3ccc([N+](=O)[O-])cc3-c3cccs3)ccc21. The Labute approximate surface area is 167 Å². The molecule has 0 aliphatic heterocycles. The summed E-state index contributed by atoms with van der Waals surface area (Å²) < 4.78 is 37.2. The Morgan fingerprint density at radius 2 is 1.97 bits per heavy atom. The summed E-state index contributed by atoms with van der Waals surface area (Å²) in [5, 5.41) is 12.9. The summed E-state index contributed by atoms with van der Waals surface area (Å²) >= 11 is 1.29. The molecule has 2 aromatic heterocycles. The van der Waals surface area contributed by atoms with E-state index < -0.39 is 20.8 Å². The maximum absolute atomic E-state index is 12.8. The summed E-state index contributed by atoms with van der Waals surface area (Å²) in [4.78, 5) is 22.6. The molecule has 0 radical (unpaired) electrons. The van der Waals surface area contributed by atoms with Crippen molar-refractivity contribution in [1.82, 2.24) is 4.57 Å². The number of aryl methyl sites for hydroxylation is 1. The number of non-ortho nitro benzene ring substituents is 1. The minimum Gasteiger partial charge on any atom is -0.408 e. The smallest absolute Gasteiger partial charge is 0.408 e. The predicted molar refractivity (Wildman–Crippen MR) is 106 cm³/mol. The van der Waals surface area contributed by atoms with Crippen molar-refractivity contribution in [3.63, 3.8) is 0 Å². The highest BCUT2D eigenvalue weighted by Gasteiger charge is 2.23. The molecule has 0 spiro atoms. The average molecular weight is 432 g/mol. The largest absolute Gasteiger partial charge is 0.419 e. The van der Waals surface area contributed by atoms with Crippen molar-refractivity contribution < 1.29 is 21.9 Å². The Balaban J connectivity index is 1.78. The van der Waals surface area contributed by atoms with Crippen molar-refractivity contribution in [1.29, 1.82) is 0 Å². The number of fused-ring (bicyclic) bond motifs is 1. The fraction of sp³-hybridized carbons (Fsp3) is 0.0556. The second-order valence-corrected chi connectivity index (χ2v) is 8.50. The van der Waals surface area contributed by atoms with Gasteiger partial charge in [0.05, 0.1) is 10.4 Å². The van der Waals surface area contributed by atoms with E-state index in [4.69, 9.17) is 8.60 Å². The van der Waals surface area contributed by atoms with Crippen LogP contribution in [-0.4, -0.2) is 17.9 Å². The highest BCUT2D eigenvalue weighted by molar-refractivity contribution is 7.87. The normalized spacial score (nSPS) is 11.6. The quantitative estimate of drug-likeness (QED) is 0.269. The molecular weight excluding hydrogens is 420 g/mol. The summed E-state index contributed by atoms with van der Waals surface area (Å²) in [6.45, 7) is 0. The molecule has 0 amide bonds. The van der Waals surface area contributed by atoms with Crippen LogP contribution in [0, 0.1) is 10.1 Å². The summed E-state index contributed by atoms with van der Waals surface area (Å²) in [6.07, 6.45) is 0. The Bertz CT molecular complexity index is 1400. The molecular formula is C18H12N2O7S2. The molecule has 0 aliphatic rings. The standard InChI is InChI=1S/C18H12N2O7S2/c1-19-14-6-5-12(10-16(14)26-18(19)21)29(24,25)27-15-7-4-11(20(22)23)9-13(15)17-3-2-8-28-17/h2-10H,1H3. The second kappa shape index (κ2) is 6.87. The Morgan fingerprint density at radius 3 is 2.66 bits per heavy atom. The molecule has 0 fully saturated rings. The first kappa shape index (κ1) is 18.9. The fourth-order valence-corrected chi connectivity index (χ4v) is 4.48. The van der Waals surface area contributed by atoms with Crippen LogP contribution in [0.4, 0.5) is 5.69 Å². The van der Waals surface area contributed by atoms with Crippen LogP contribution in [0.2, 0.25) is 0 Å². The van der Waals surface area contributed by atoms with Gasteiger partial charge in [0.2, 0.25) is 0 Å². The lowest BCUT2D eigenvalue weighted by atomic mass is 10.1. The van der Waals surface area contributed by atoms with Crippen LogP contribution < -0.4 is 9.94 Å². The van der Waals surface area contributed by atoms with Crippen LogP contribution in [0.15, 0.2) is 68.0 Å². The average Bonchev–Trinajstić information content (AvgIpc) is 3.30. The zero-order chi connectivity index (χ0) is 20.8. The van der Waals surface area contributed by atoms with Gasteiger partial charge in [-0.3, -0.25) is 14.7 Å². The molecule has 29 heavy (non-hydrogen) atoms. The van der Waals surface area contributed by atoms with Crippen LogP contribution in [0.3, 0.4) is 0 Å². The van der Waals surface area contributed by atoms with Gasteiger partial charge in [0, 0.05) is 35.7 Å². The summed E-state index contributed by atoms with van der Waals surface area (Å²) in [5.41, 5.74) is 0.628. The first-order chi connectivity index (χ1) is 13.8. The van der Waals surface area contributed by atoms with Gasteiger partial charge in [0.1, 0.15) is 4.90 Å². The van der Waals surface area contributed by atoms with Gasteiger partial charge >= 0.3 is 15.9 Å². The van der Waals surface area contributed by atoms with E-state index >= 15 is 0 Å². The van der Waals surface area contributed by atoms with Gasteiger partial charge in [-0.2, -0.15) is 8.42 Å². The van der Waals surface area contributed by atoms with E-state index in [9.17, 15) is 23.3 Å². The number of rotatable bonds is 5. The zero-order valence-electron chi connectivity index (χ0n) is 14.8. The van der Waals surface area contributed by atoms with Crippen LogP contribution in [0.1, 0.15) is 0 Å². The number of oxazole rings is 1. The number of nitrogens with zero attached hydrogens (tertiary/aromatic N) is 2. The Kier molecular flexibility index (Phi) is 4.47. The molecule has 2 aromatic carbocycles. The zero-order valence-corrected chi connectivity index (χ0v) is 16.4. The number of thiophene rings is 1. The highest BCUT2D eigenvalue weighted by Crippen LogP contribution is 2.37. The van der Waals surface area contributed by atoms with E-state index in [1.54, 1.807) is 17.5 Å². The van der Waals surface area contributed by atoms with Crippen molar-refractivity contribution in [3.05, 3.63) is 74.6 Å². The number of nitro groups is 1. The fourth-order valence-electron chi connectivity index (χ4n) is 2.76. The molecule has 2 heterocycles. The number of nitro benzene ring substituents is 1. The lowest BCUT2D eigenvalue weighted by molar-refractivity contribution is -0.384. The Morgan fingerprint density at radius 1 is 1.17 bits per heavy atom. The maximum atomic E-state index is 12.8. The Hall–Kier alpha value is -3.44. The van der Waals surface area contributed by atoms with Gasteiger partial charge in [0.15, 0.2) is 11.3 Å². The van der Waals surface area contributed by atoms with Crippen molar-refractivity contribution >= 4 is 38.2 Å². The van der Waals surface area contributed by atoms with E-state index in [-0.39, 0.29) is 27.5 Å². The predicted octanol–water partition coefficient (Wildman–Crippen LogP) is 3.54. The van der Waals surface area contributed by atoms with Gasteiger partial charge in [-0.1, -0.05) is 6.07 Å². The molecule has 0 saturated carbocycles. The number of hydrogen-bond donors (Lipinski definition) is 0. The molecule has 0 N–H and O–H groups in total. The molecule has 9 nitrogen and oxygen atoms in total. The topological polar surface area (TPSA) is 122 Å². The minimum absolute atomic E-state index is 0.0485. The van der Waals surface area contributed by atoms with Crippen LogP contribution >= 0.6 is 11.3 Å². The molecule has 0 saturated heterocycles. The van der Waals surface area contributed by atoms with Crippen LogP contribution in [-0.2, 0) is 17.2 Å². The van der Waals surface area contributed by atoms with E-state index in [2.05, 4.69) is 0 Å². The molecule has 11 heteroatoms. The van der Waals surface area contributed by atoms with Crippen molar-refractivity contribution in [2.45, 2.75) is 4.90 Å². The first-order valence-electron chi connectivity index (χ1n) is 8.13. The number of benzene rings is 2.